The number of nitro benzene ring substituents is 1. The fraction of sp³-hybridized carbons (Fsp3) is 0.143. The molecule has 0 amide bonds. The summed E-state index contributed by atoms with van der Waals surface area (Å²) in [6, 6.07) is 11.1. The van der Waals surface area contributed by atoms with E-state index in [1.807, 2.05) is 0 Å². The van der Waals surface area contributed by atoms with Crippen molar-refractivity contribution in [2.75, 3.05) is 0 Å². The highest BCUT2D eigenvalue weighted by atomic mass is 16.6. The van der Waals surface area contributed by atoms with Gasteiger partial charge in [0.2, 0.25) is 0 Å². The van der Waals surface area contributed by atoms with E-state index in [1.54, 1.807) is 36.4 Å². The lowest BCUT2D eigenvalue weighted by Crippen LogP contribution is -2.02. The Labute approximate surface area is 115 Å². The lowest BCUT2D eigenvalue weighted by atomic mass is 10.2. The maximum atomic E-state index is 10.9. The first-order valence-electron chi connectivity index (χ1n) is 5.98. The van der Waals surface area contributed by atoms with Gasteiger partial charge in [0.25, 0.3) is 0 Å². The zero-order valence-corrected chi connectivity index (χ0v) is 10.7. The molecule has 0 saturated heterocycles. The topological polar surface area (TPSA) is 98.6 Å². The van der Waals surface area contributed by atoms with Crippen LogP contribution in [0, 0.1) is 10.1 Å². The van der Waals surface area contributed by atoms with Crippen molar-refractivity contribution >= 4 is 5.69 Å². The smallest absolute Gasteiger partial charge is 0.310 e. The summed E-state index contributed by atoms with van der Waals surface area (Å²) in [5.74, 6) is 0.289. The summed E-state index contributed by atoms with van der Waals surface area (Å²) in [6.07, 6.45) is 0. The Morgan fingerprint density at radius 3 is 2.65 bits per heavy atom. The number of hydrogen-bond donors (Lipinski definition) is 2. The van der Waals surface area contributed by atoms with Gasteiger partial charge in [-0.15, -0.1) is 0 Å². The average molecular weight is 274 g/mol. The standard InChI is InChI=1S/C14H14N2O4/c15-8-10-4-5-13(16(18)19)14(7-10)20-9-11-2-1-3-12(17)6-11/h1-7,17H,8-9,15H2. The van der Waals surface area contributed by atoms with Crippen molar-refractivity contribution in [2.45, 2.75) is 13.2 Å². The molecule has 0 saturated carbocycles. The van der Waals surface area contributed by atoms with E-state index in [0.717, 1.165) is 11.1 Å². The molecule has 0 spiro atoms. The monoisotopic (exact) mass is 274 g/mol. The maximum absolute atomic E-state index is 10.9. The van der Waals surface area contributed by atoms with Crippen LogP contribution in [-0.4, -0.2) is 10.0 Å². The van der Waals surface area contributed by atoms with Gasteiger partial charge in [0.05, 0.1) is 4.92 Å². The number of rotatable bonds is 5. The molecule has 0 aromatic heterocycles. The molecule has 0 aliphatic heterocycles. The van der Waals surface area contributed by atoms with Crippen molar-refractivity contribution in [3.63, 3.8) is 0 Å². The molecule has 0 aliphatic rings. The number of phenolic OH excluding ortho intramolecular Hbond substituents is 1. The number of nitro groups is 1. The molecule has 6 nitrogen and oxygen atoms in total. The summed E-state index contributed by atoms with van der Waals surface area (Å²) in [7, 11) is 0. The lowest BCUT2D eigenvalue weighted by molar-refractivity contribution is -0.386. The zero-order valence-electron chi connectivity index (χ0n) is 10.7. The van der Waals surface area contributed by atoms with Gasteiger partial charge < -0.3 is 15.6 Å². The summed E-state index contributed by atoms with van der Waals surface area (Å²) in [4.78, 5) is 10.4. The molecule has 104 valence electrons. The van der Waals surface area contributed by atoms with Crippen LogP contribution in [0.2, 0.25) is 0 Å². The van der Waals surface area contributed by atoms with E-state index in [0.29, 0.717) is 0 Å². The Kier molecular flexibility index (Phi) is 4.17. The SMILES string of the molecule is NCc1ccc([N+](=O)[O-])c(OCc2cccc(O)c2)c1. The van der Waals surface area contributed by atoms with Crippen molar-refractivity contribution in [1.29, 1.82) is 0 Å². The van der Waals surface area contributed by atoms with Crippen LogP contribution in [0.5, 0.6) is 11.5 Å². The predicted molar refractivity (Wildman–Crippen MR) is 73.4 cm³/mol. The molecule has 0 atom stereocenters. The summed E-state index contributed by atoms with van der Waals surface area (Å²) >= 11 is 0. The molecule has 0 fully saturated rings. The van der Waals surface area contributed by atoms with Gasteiger partial charge in [-0.1, -0.05) is 18.2 Å². The molecule has 0 bridgehead atoms. The van der Waals surface area contributed by atoms with Gasteiger partial charge in [-0.05, 0) is 29.3 Å². The average Bonchev–Trinajstić information content (AvgIpc) is 2.44. The van der Waals surface area contributed by atoms with Crippen LogP contribution >= 0.6 is 0 Å². The molecular weight excluding hydrogens is 260 g/mol. The van der Waals surface area contributed by atoms with Crippen LogP contribution in [0.25, 0.3) is 0 Å². The van der Waals surface area contributed by atoms with Crippen molar-refractivity contribution < 1.29 is 14.8 Å². The lowest BCUT2D eigenvalue weighted by Gasteiger charge is -2.08. The first-order chi connectivity index (χ1) is 9.60. The van der Waals surface area contributed by atoms with Gasteiger partial charge in [0.1, 0.15) is 12.4 Å². The Hall–Kier alpha value is -2.60. The first-order valence-corrected chi connectivity index (χ1v) is 5.98. The van der Waals surface area contributed by atoms with E-state index < -0.39 is 4.92 Å². The number of aromatic hydroxyl groups is 1. The highest BCUT2D eigenvalue weighted by Crippen LogP contribution is 2.28. The fourth-order valence-corrected chi connectivity index (χ4v) is 1.76. The third-order valence-electron chi connectivity index (χ3n) is 2.76. The van der Waals surface area contributed by atoms with Crippen molar-refractivity contribution in [2.24, 2.45) is 5.73 Å². The van der Waals surface area contributed by atoms with Gasteiger partial charge >= 0.3 is 5.69 Å². The molecule has 0 aliphatic carbocycles. The number of hydrogen-bond acceptors (Lipinski definition) is 5. The van der Waals surface area contributed by atoms with E-state index in [4.69, 9.17) is 10.5 Å². The molecule has 6 heteroatoms. The van der Waals surface area contributed by atoms with Gasteiger partial charge in [-0.2, -0.15) is 0 Å². The van der Waals surface area contributed by atoms with E-state index in [-0.39, 0.29) is 30.3 Å². The van der Waals surface area contributed by atoms with Crippen LogP contribution in [0.15, 0.2) is 42.5 Å². The van der Waals surface area contributed by atoms with Gasteiger partial charge in [-0.3, -0.25) is 10.1 Å². The van der Waals surface area contributed by atoms with E-state index in [2.05, 4.69) is 0 Å². The van der Waals surface area contributed by atoms with Crippen LogP contribution < -0.4 is 10.5 Å². The minimum absolute atomic E-state index is 0.109. The summed E-state index contributed by atoms with van der Waals surface area (Å²) < 4.78 is 5.47. The summed E-state index contributed by atoms with van der Waals surface area (Å²) in [5.41, 5.74) is 6.88. The normalized spacial score (nSPS) is 10.2. The Morgan fingerprint density at radius 1 is 1.20 bits per heavy atom. The van der Waals surface area contributed by atoms with Crippen molar-refractivity contribution in [3.05, 3.63) is 63.7 Å². The molecule has 0 radical (unpaired) electrons. The highest BCUT2D eigenvalue weighted by molar-refractivity contribution is 5.48. The molecule has 0 heterocycles. The molecule has 2 rings (SSSR count). The zero-order chi connectivity index (χ0) is 14.5. The predicted octanol–water partition coefficient (Wildman–Crippen LogP) is 2.34. The van der Waals surface area contributed by atoms with E-state index in [1.165, 1.54) is 6.07 Å². The largest absolute Gasteiger partial charge is 0.508 e. The number of nitrogens with zero attached hydrogens (tertiary/aromatic N) is 1. The van der Waals surface area contributed by atoms with Crippen LogP contribution in [0.3, 0.4) is 0 Å². The number of ether oxygens (including phenoxy) is 1. The minimum atomic E-state index is -0.502. The Bertz CT molecular complexity index is 628. The second kappa shape index (κ2) is 6.03. The number of nitrogens with two attached hydrogens (primary N) is 1. The molecule has 2 aromatic rings. The molecule has 3 N–H and O–H groups in total. The van der Waals surface area contributed by atoms with Crippen LogP contribution in [-0.2, 0) is 13.2 Å². The quantitative estimate of drug-likeness (QED) is 0.644. The summed E-state index contributed by atoms with van der Waals surface area (Å²) in [5, 5.41) is 20.3. The van der Waals surface area contributed by atoms with E-state index in [9.17, 15) is 15.2 Å². The van der Waals surface area contributed by atoms with E-state index >= 15 is 0 Å². The molecular formula is C14H14N2O4. The maximum Gasteiger partial charge on any atom is 0.310 e. The highest BCUT2D eigenvalue weighted by Gasteiger charge is 2.15. The number of phenols is 1. The Balaban J connectivity index is 2.21. The second-order valence-electron chi connectivity index (χ2n) is 4.22. The fourth-order valence-electron chi connectivity index (χ4n) is 1.76. The first kappa shape index (κ1) is 13.8. The molecule has 0 unspecified atom stereocenters. The van der Waals surface area contributed by atoms with Crippen LogP contribution in [0.4, 0.5) is 5.69 Å². The minimum Gasteiger partial charge on any atom is -0.508 e. The van der Waals surface area contributed by atoms with Crippen LogP contribution in [0.1, 0.15) is 11.1 Å². The number of benzene rings is 2. The van der Waals surface area contributed by atoms with Gasteiger partial charge in [0.15, 0.2) is 5.75 Å². The summed E-state index contributed by atoms with van der Waals surface area (Å²) in [6.45, 7) is 0.406. The molecule has 2 aromatic carbocycles. The van der Waals surface area contributed by atoms with Gasteiger partial charge in [-0.25, -0.2) is 0 Å². The Morgan fingerprint density at radius 2 is 2.00 bits per heavy atom. The molecule has 20 heavy (non-hydrogen) atoms. The van der Waals surface area contributed by atoms with Crippen molar-refractivity contribution in [3.8, 4) is 11.5 Å². The van der Waals surface area contributed by atoms with Crippen molar-refractivity contribution in [1.82, 2.24) is 0 Å². The second-order valence-corrected chi connectivity index (χ2v) is 4.22. The third-order valence-corrected chi connectivity index (χ3v) is 2.76. The third kappa shape index (κ3) is 3.24. The van der Waals surface area contributed by atoms with Gasteiger partial charge in [0, 0.05) is 12.6 Å².